The van der Waals surface area contributed by atoms with E-state index < -0.39 is 107 Å². The molecule has 468 valence electrons. The van der Waals surface area contributed by atoms with E-state index in [4.69, 9.17) is 33.3 Å². The van der Waals surface area contributed by atoms with Crippen molar-refractivity contribution >= 4 is 40.9 Å². The molecule has 6 aliphatic rings. The number of fused-ring (bicyclic) bond motifs is 16. The number of rotatable bonds is 11. The molecule has 85 heavy (non-hydrogen) atoms. The molecule has 0 spiro atoms. The van der Waals surface area contributed by atoms with Gasteiger partial charge in [-0.25, -0.2) is 9.86 Å². The van der Waals surface area contributed by atoms with E-state index in [1.165, 1.54) is 12.0 Å². The highest BCUT2D eigenvalue weighted by Gasteiger charge is 2.53. The number of anilines is 1. The lowest BCUT2D eigenvalue weighted by Gasteiger charge is -2.43. The van der Waals surface area contributed by atoms with Crippen molar-refractivity contribution in [2.75, 3.05) is 32.9 Å². The summed E-state index contributed by atoms with van der Waals surface area (Å²) in [6, 6.07) is 13.8. The number of ketones is 3. The number of aliphatic hydroxyl groups is 2. The molecular weight excluding hydrogens is 1090 g/mol. The molecule has 1 unspecified atom stereocenters. The van der Waals surface area contributed by atoms with E-state index in [0.29, 0.717) is 69.8 Å². The summed E-state index contributed by atoms with van der Waals surface area (Å²) in [5.41, 5.74) is 1.89. The molecule has 8 rings (SSSR count). The number of aliphatic hydroxyl groups excluding tert-OH is 1. The highest BCUT2D eigenvalue weighted by atomic mass is 16.7. The molecule has 6 heterocycles. The van der Waals surface area contributed by atoms with Gasteiger partial charge in [-0.2, -0.15) is 0 Å². The van der Waals surface area contributed by atoms with Crippen molar-refractivity contribution in [3.8, 4) is 0 Å². The predicted molar refractivity (Wildman–Crippen MR) is 319 cm³/mol. The standard InChI is InChI=1S/C67H95N3O15/c1-40-32-44(5)59(72)61(81-12)60(73)45(6)33-41(2)54(71)38-57(42(3)34-47-25-29-55(58(36-47)80-11)83-65(77)66(8,9)39-48-20-16-18-30-68-48)82-64(76)53-23-17-19-31-69(53)63(75)62(74)67(78)46(7)24-26-50(84-67)37-56(79-10)43(4)35-51-27-28-52(40)70(85-51)49-21-14-13-15-22-49/h13-16,18,20-22,27-28,30,33,35,40-42,44,46-47,50-53,55-58,60-61,73,78H,17,19,23-26,29,31-32,34,36-39H2,1-12H3/b43-35+,45-33+/t40-,41+,42+,44+,46?,47+,50-,51+,52-,53-,55-,56-,57-,58-,60+,61-,67+/m0/s1. The molecule has 2 saturated heterocycles. The van der Waals surface area contributed by atoms with Crippen molar-refractivity contribution < 1.29 is 72.2 Å². The first-order valence-electron chi connectivity index (χ1n) is 30.8. The summed E-state index contributed by atoms with van der Waals surface area (Å²) in [5, 5.41) is 26.0. The van der Waals surface area contributed by atoms with Gasteiger partial charge in [0, 0.05) is 76.8 Å². The molecule has 1 aromatic carbocycles. The first-order valence-corrected chi connectivity index (χ1v) is 30.8. The third-order valence-corrected chi connectivity index (χ3v) is 18.6. The van der Waals surface area contributed by atoms with Crippen molar-refractivity contribution in [3.63, 3.8) is 0 Å². The lowest BCUT2D eigenvalue weighted by Crippen LogP contribution is -2.61. The predicted octanol–water partition coefficient (Wildman–Crippen LogP) is 9.03. The van der Waals surface area contributed by atoms with E-state index in [2.05, 4.69) is 11.1 Å². The summed E-state index contributed by atoms with van der Waals surface area (Å²) >= 11 is 0. The lowest BCUT2D eigenvalue weighted by atomic mass is 9.78. The third-order valence-electron chi connectivity index (χ3n) is 18.6. The molecule has 18 heteroatoms. The zero-order chi connectivity index (χ0) is 61.9. The number of para-hydroxylation sites is 1. The van der Waals surface area contributed by atoms with Crippen LogP contribution in [0.15, 0.2) is 90.2 Å². The molecule has 1 aliphatic carbocycles. The Balaban J connectivity index is 1.17. The molecular formula is C67H95N3O15. The second-order valence-corrected chi connectivity index (χ2v) is 25.7. The lowest BCUT2D eigenvalue weighted by molar-refractivity contribution is -0.265. The Bertz CT molecular complexity index is 2700. The fourth-order valence-electron chi connectivity index (χ4n) is 13.2. The number of piperidine rings is 1. The number of hydroxylamine groups is 1. The summed E-state index contributed by atoms with van der Waals surface area (Å²) in [6.07, 6.45) is 8.05. The van der Waals surface area contributed by atoms with E-state index in [9.17, 15) is 39.0 Å². The van der Waals surface area contributed by atoms with Crippen molar-refractivity contribution in [2.24, 2.45) is 40.9 Å². The summed E-state index contributed by atoms with van der Waals surface area (Å²) in [6.45, 7) is 16.4. The molecule has 0 radical (unpaired) electrons. The summed E-state index contributed by atoms with van der Waals surface area (Å²) < 4.78 is 36.6. The zero-order valence-corrected chi connectivity index (χ0v) is 52.2. The number of nitrogens with zero attached hydrogens (tertiary/aromatic N) is 3. The molecule has 2 aromatic rings. The average molecular weight is 1180 g/mol. The van der Waals surface area contributed by atoms with Crippen LogP contribution < -0.4 is 5.06 Å². The van der Waals surface area contributed by atoms with Crippen LogP contribution in [0, 0.1) is 40.9 Å². The van der Waals surface area contributed by atoms with Gasteiger partial charge in [0.15, 0.2) is 5.78 Å². The Morgan fingerprint density at radius 2 is 1.56 bits per heavy atom. The highest BCUT2D eigenvalue weighted by molar-refractivity contribution is 6.39. The molecule has 1 amide bonds. The maximum absolute atomic E-state index is 14.8. The van der Waals surface area contributed by atoms with Crippen molar-refractivity contribution in [1.82, 2.24) is 9.88 Å². The van der Waals surface area contributed by atoms with Crippen LogP contribution in [0.4, 0.5) is 5.69 Å². The SMILES string of the molecule is CO[C@H]1C[C@@H]2CCC(C)[C@@](O)(O2)C(=O)C(=O)N2CCCC[C@H]2C(=O)O[C@H]([C@H](C)C[C@H]2CC[C@H](OC(=O)C(C)(C)Cc3ccccn3)[C@@H](OC)C2)CC(=O)[C@H](C)/C=C(\C)[C@@H](O)[C@@H](OC)C(=O)[C@H](C)C[C@H](C)[C@@H]2C=C[C@H](/C=C/1C)ON2c1ccccc1. The quantitative estimate of drug-likeness (QED) is 0.122. The van der Waals surface area contributed by atoms with Crippen LogP contribution in [0.2, 0.25) is 0 Å². The first kappa shape index (κ1) is 67.0. The fourth-order valence-corrected chi connectivity index (χ4v) is 13.2. The van der Waals surface area contributed by atoms with Gasteiger partial charge in [0.25, 0.3) is 11.7 Å². The monoisotopic (exact) mass is 1180 g/mol. The van der Waals surface area contributed by atoms with Crippen LogP contribution in [0.3, 0.4) is 0 Å². The number of methoxy groups -OCH3 is 3. The molecule has 4 bridgehead atoms. The fraction of sp³-hybridized carbons (Fsp3) is 0.657. The van der Waals surface area contributed by atoms with Gasteiger partial charge >= 0.3 is 11.9 Å². The number of Topliss-reactive ketones (excluding diaryl/α,β-unsaturated/α-hetero) is 3. The van der Waals surface area contributed by atoms with Crippen LogP contribution in [0.25, 0.3) is 0 Å². The van der Waals surface area contributed by atoms with Gasteiger partial charge in [0.2, 0.25) is 5.79 Å². The van der Waals surface area contributed by atoms with E-state index in [-0.39, 0.29) is 61.2 Å². The van der Waals surface area contributed by atoms with E-state index in [1.54, 1.807) is 47.3 Å². The van der Waals surface area contributed by atoms with Gasteiger partial charge in [0.1, 0.15) is 42.3 Å². The van der Waals surface area contributed by atoms with Crippen molar-refractivity contribution in [2.45, 2.75) is 212 Å². The maximum atomic E-state index is 14.8. The number of carbonyl (C=O) groups excluding carboxylic acids is 6. The average Bonchev–Trinajstić information content (AvgIpc) is 1.98. The minimum Gasteiger partial charge on any atom is -0.460 e. The number of benzene rings is 1. The summed E-state index contributed by atoms with van der Waals surface area (Å²) in [4.78, 5) is 98.9. The molecule has 5 aliphatic heterocycles. The Morgan fingerprint density at radius 1 is 0.835 bits per heavy atom. The van der Waals surface area contributed by atoms with E-state index >= 15 is 0 Å². The van der Waals surface area contributed by atoms with Gasteiger partial charge in [-0.05, 0) is 151 Å². The van der Waals surface area contributed by atoms with E-state index in [0.717, 1.165) is 17.0 Å². The van der Waals surface area contributed by atoms with Crippen molar-refractivity contribution in [3.05, 3.63) is 95.9 Å². The minimum absolute atomic E-state index is 0.0119. The number of esters is 2. The normalized spacial score (nSPS) is 35.5. The number of aromatic nitrogens is 1. The molecule has 3 fully saturated rings. The highest BCUT2D eigenvalue weighted by Crippen LogP contribution is 2.40. The zero-order valence-electron chi connectivity index (χ0n) is 52.2. The third kappa shape index (κ3) is 16.6. The molecule has 18 nitrogen and oxygen atoms in total. The largest absolute Gasteiger partial charge is 0.460 e. The topological polar surface area (TPSA) is 227 Å². The van der Waals surface area contributed by atoms with Crippen LogP contribution in [-0.2, 0) is 68.4 Å². The Labute approximate surface area is 503 Å². The maximum Gasteiger partial charge on any atom is 0.329 e. The molecule has 17 atom stereocenters. The smallest absolute Gasteiger partial charge is 0.329 e. The number of hydrogen-bond donors (Lipinski definition) is 2. The van der Waals surface area contributed by atoms with E-state index in [1.807, 2.05) is 107 Å². The minimum atomic E-state index is -2.50. The number of allylic oxidation sites excluding steroid dienone is 1. The summed E-state index contributed by atoms with van der Waals surface area (Å²) in [5.74, 6) is -9.15. The van der Waals surface area contributed by atoms with Crippen LogP contribution in [0.1, 0.15) is 145 Å². The van der Waals surface area contributed by atoms with Gasteiger partial charge in [-0.1, -0.05) is 77.1 Å². The number of hydrogen-bond acceptors (Lipinski definition) is 17. The Morgan fingerprint density at radius 3 is 2.25 bits per heavy atom. The van der Waals surface area contributed by atoms with Gasteiger partial charge in [-0.3, -0.25) is 33.8 Å². The number of amides is 1. The van der Waals surface area contributed by atoms with Crippen molar-refractivity contribution in [1.29, 1.82) is 0 Å². The molecule has 1 saturated carbocycles. The molecule has 2 N–H and O–H groups in total. The molecule has 1 aromatic heterocycles. The number of pyridine rings is 1. The van der Waals surface area contributed by atoms with Crippen LogP contribution in [-0.4, -0.2) is 150 Å². The second kappa shape index (κ2) is 30.0. The first-order chi connectivity index (χ1) is 40.4. The Kier molecular flexibility index (Phi) is 23.6. The van der Waals surface area contributed by atoms with Gasteiger partial charge in [0.05, 0.1) is 35.5 Å². The Hall–Kier alpha value is -5.47. The van der Waals surface area contributed by atoms with Gasteiger partial charge in [-0.15, -0.1) is 0 Å². The van der Waals surface area contributed by atoms with Gasteiger partial charge < -0.3 is 43.5 Å². The second-order valence-electron chi connectivity index (χ2n) is 25.7. The van der Waals surface area contributed by atoms with Crippen LogP contribution in [0.5, 0.6) is 0 Å². The number of ether oxygens (including phenoxy) is 6. The number of carbonyl (C=O) groups is 6. The van der Waals surface area contributed by atoms with Crippen LogP contribution >= 0.6 is 0 Å². The summed E-state index contributed by atoms with van der Waals surface area (Å²) in [7, 11) is 4.55.